The predicted octanol–water partition coefficient (Wildman–Crippen LogP) is 4.78. The van der Waals surface area contributed by atoms with E-state index in [-0.39, 0.29) is 0 Å². The number of rotatable bonds is 3. The van der Waals surface area contributed by atoms with Crippen molar-refractivity contribution < 1.29 is 5.11 Å². The fraction of sp³-hybridized carbons (Fsp3) is 0.556. The SMILES string of the molecule is OC1(Cc2csc3ccccc23)CCCC(C2CC2)C1. The summed E-state index contributed by atoms with van der Waals surface area (Å²) in [6.45, 7) is 0. The topological polar surface area (TPSA) is 20.2 Å². The van der Waals surface area contributed by atoms with Gasteiger partial charge in [0.1, 0.15) is 0 Å². The van der Waals surface area contributed by atoms with Gasteiger partial charge >= 0.3 is 0 Å². The van der Waals surface area contributed by atoms with E-state index >= 15 is 0 Å². The molecule has 0 bridgehead atoms. The normalized spacial score (nSPS) is 30.8. The van der Waals surface area contributed by atoms with Gasteiger partial charge in [-0.1, -0.05) is 24.6 Å². The highest BCUT2D eigenvalue weighted by atomic mass is 32.1. The van der Waals surface area contributed by atoms with E-state index in [0.717, 1.165) is 31.1 Å². The van der Waals surface area contributed by atoms with Gasteiger partial charge in [0.15, 0.2) is 0 Å². The maximum atomic E-state index is 11.1. The minimum atomic E-state index is -0.449. The maximum absolute atomic E-state index is 11.1. The molecule has 4 rings (SSSR count). The van der Waals surface area contributed by atoms with E-state index in [9.17, 15) is 5.11 Å². The molecule has 2 aromatic rings. The van der Waals surface area contributed by atoms with Crippen LogP contribution in [-0.4, -0.2) is 10.7 Å². The van der Waals surface area contributed by atoms with E-state index in [1.807, 2.05) is 11.3 Å². The highest BCUT2D eigenvalue weighted by molar-refractivity contribution is 7.17. The van der Waals surface area contributed by atoms with E-state index < -0.39 is 5.60 Å². The second kappa shape index (κ2) is 4.85. The molecule has 1 heterocycles. The molecule has 1 aromatic heterocycles. The van der Waals surface area contributed by atoms with Crippen LogP contribution in [-0.2, 0) is 6.42 Å². The lowest BCUT2D eigenvalue weighted by molar-refractivity contribution is -0.0192. The fourth-order valence-corrected chi connectivity index (χ4v) is 5.00. The van der Waals surface area contributed by atoms with Crippen LogP contribution >= 0.6 is 11.3 Å². The van der Waals surface area contributed by atoms with Gasteiger partial charge < -0.3 is 5.11 Å². The second-order valence-corrected chi connectivity index (χ2v) is 7.76. The van der Waals surface area contributed by atoms with Gasteiger partial charge in [-0.2, -0.15) is 0 Å². The number of benzene rings is 1. The number of hydrogen-bond donors (Lipinski definition) is 1. The van der Waals surface area contributed by atoms with Gasteiger partial charge in [0.05, 0.1) is 5.60 Å². The summed E-state index contributed by atoms with van der Waals surface area (Å²) in [5.74, 6) is 1.72. The van der Waals surface area contributed by atoms with E-state index in [1.54, 1.807) is 0 Å². The van der Waals surface area contributed by atoms with Crippen LogP contribution in [0.15, 0.2) is 29.6 Å². The van der Waals surface area contributed by atoms with Gasteiger partial charge in [0.2, 0.25) is 0 Å². The summed E-state index contributed by atoms with van der Waals surface area (Å²) in [6, 6.07) is 8.59. The van der Waals surface area contributed by atoms with Crippen LogP contribution in [0.25, 0.3) is 10.1 Å². The molecular weight excluding hydrogens is 264 g/mol. The van der Waals surface area contributed by atoms with Gasteiger partial charge in [0, 0.05) is 11.1 Å². The Morgan fingerprint density at radius 3 is 2.85 bits per heavy atom. The van der Waals surface area contributed by atoms with Gasteiger partial charge in [-0.25, -0.2) is 0 Å². The van der Waals surface area contributed by atoms with Gasteiger partial charge in [-0.3, -0.25) is 0 Å². The highest BCUT2D eigenvalue weighted by Gasteiger charge is 2.41. The van der Waals surface area contributed by atoms with Crippen molar-refractivity contribution in [1.29, 1.82) is 0 Å². The van der Waals surface area contributed by atoms with Crippen LogP contribution in [0.4, 0.5) is 0 Å². The number of fused-ring (bicyclic) bond motifs is 1. The minimum Gasteiger partial charge on any atom is -0.390 e. The molecule has 0 amide bonds. The lowest BCUT2D eigenvalue weighted by Crippen LogP contribution is -2.38. The van der Waals surface area contributed by atoms with E-state index in [1.165, 1.54) is 41.3 Å². The molecule has 2 fully saturated rings. The van der Waals surface area contributed by atoms with Crippen molar-refractivity contribution in [1.82, 2.24) is 0 Å². The molecule has 0 radical (unpaired) electrons. The summed E-state index contributed by atoms with van der Waals surface area (Å²) in [4.78, 5) is 0. The smallest absolute Gasteiger partial charge is 0.0691 e. The Balaban J connectivity index is 1.57. The third-order valence-electron chi connectivity index (χ3n) is 5.23. The Morgan fingerprint density at radius 1 is 1.15 bits per heavy atom. The van der Waals surface area contributed by atoms with Crippen LogP contribution in [0.2, 0.25) is 0 Å². The molecule has 2 heteroatoms. The summed E-state index contributed by atoms with van der Waals surface area (Å²) in [7, 11) is 0. The van der Waals surface area contributed by atoms with Crippen LogP contribution in [0.1, 0.15) is 44.1 Å². The van der Waals surface area contributed by atoms with Crippen molar-refractivity contribution in [2.45, 2.75) is 50.5 Å². The van der Waals surface area contributed by atoms with Crippen molar-refractivity contribution in [2.75, 3.05) is 0 Å². The molecule has 0 saturated heterocycles. The number of aliphatic hydroxyl groups is 1. The fourth-order valence-electron chi connectivity index (χ4n) is 4.04. The summed E-state index contributed by atoms with van der Waals surface area (Å²) in [5.41, 5.74) is 0.902. The largest absolute Gasteiger partial charge is 0.390 e. The summed E-state index contributed by atoms with van der Waals surface area (Å²) < 4.78 is 1.35. The first-order valence-electron chi connectivity index (χ1n) is 7.91. The summed E-state index contributed by atoms with van der Waals surface area (Å²) in [6.07, 6.45) is 8.23. The standard InChI is InChI=1S/C18H22OS/c19-18(9-3-4-14(10-18)13-7-8-13)11-15-12-20-17-6-2-1-5-16(15)17/h1-2,5-6,12-14,19H,3-4,7-11H2. The summed E-state index contributed by atoms with van der Waals surface area (Å²) >= 11 is 1.81. The Morgan fingerprint density at radius 2 is 2.00 bits per heavy atom. The van der Waals surface area contributed by atoms with E-state index in [4.69, 9.17) is 0 Å². The molecule has 2 aliphatic carbocycles. The lowest BCUT2D eigenvalue weighted by atomic mass is 9.73. The molecule has 1 nitrogen and oxygen atoms in total. The van der Waals surface area contributed by atoms with Crippen LogP contribution in [0, 0.1) is 11.8 Å². The maximum Gasteiger partial charge on any atom is 0.0691 e. The van der Waals surface area contributed by atoms with Crippen LogP contribution in [0.3, 0.4) is 0 Å². The molecule has 2 saturated carbocycles. The van der Waals surface area contributed by atoms with Crippen molar-refractivity contribution >= 4 is 21.4 Å². The number of hydrogen-bond acceptors (Lipinski definition) is 2. The zero-order chi connectivity index (χ0) is 13.6. The average molecular weight is 286 g/mol. The van der Waals surface area contributed by atoms with Gasteiger partial charge in [0.25, 0.3) is 0 Å². The van der Waals surface area contributed by atoms with Crippen molar-refractivity contribution in [3.8, 4) is 0 Å². The molecule has 2 atom stereocenters. The molecule has 2 aliphatic rings. The third kappa shape index (κ3) is 2.40. The Kier molecular flexibility index (Phi) is 3.12. The van der Waals surface area contributed by atoms with Crippen molar-refractivity contribution in [3.05, 3.63) is 35.2 Å². The van der Waals surface area contributed by atoms with Crippen molar-refractivity contribution in [3.63, 3.8) is 0 Å². The molecule has 0 spiro atoms. The monoisotopic (exact) mass is 286 g/mol. The zero-order valence-corrected chi connectivity index (χ0v) is 12.7. The minimum absolute atomic E-state index is 0.449. The predicted molar refractivity (Wildman–Crippen MR) is 85.2 cm³/mol. The molecule has 0 aliphatic heterocycles. The van der Waals surface area contributed by atoms with E-state index in [0.29, 0.717) is 0 Å². The Hall–Kier alpha value is -0.860. The molecule has 20 heavy (non-hydrogen) atoms. The Bertz CT molecular complexity index is 613. The molecule has 1 N–H and O–H groups in total. The van der Waals surface area contributed by atoms with Crippen LogP contribution in [0.5, 0.6) is 0 Å². The van der Waals surface area contributed by atoms with Gasteiger partial charge in [-0.05, 0) is 66.3 Å². The lowest BCUT2D eigenvalue weighted by Gasteiger charge is -2.37. The molecule has 2 unspecified atom stereocenters. The first kappa shape index (κ1) is 12.8. The first-order valence-corrected chi connectivity index (χ1v) is 8.79. The second-order valence-electron chi connectivity index (χ2n) is 6.85. The quantitative estimate of drug-likeness (QED) is 0.861. The van der Waals surface area contributed by atoms with Crippen LogP contribution < -0.4 is 0 Å². The molecular formula is C18H22OS. The first-order chi connectivity index (χ1) is 9.73. The zero-order valence-electron chi connectivity index (χ0n) is 11.8. The summed E-state index contributed by atoms with van der Waals surface area (Å²) in [5, 5.41) is 14.7. The third-order valence-corrected chi connectivity index (χ3v) is 6.24. The van der Waals surface area contributed by atoms with E-state index in [2.05, 4.69) is 29.6 Å². The van der Waals surface area contributed by atoms with Gasteiger partial charge in [-0.15, -0.1) is 11.3 Å². The Labute approximate surface area is 124 Å². The molecule has 1 aromatic carbocycles. The number of thiophene rings is 1. The molecule has 106 valence electrons. The highest BCUT2D eigenvalue weighted by Crippen LogP contribution is 2.47. The van der Waals surface area contributed by atoms with Crippen molar-refractivity contribution in [2.24, 2.45) is 11.8 Å². The average Bonchev–Trinajstić information content (AvgIpc) is 3.23.